The van der Waals surface area contributed by atoms with Gasteiger partial charge < -0.3 is 15.5 Å². The number of aromatic hydroxyl groups is 1. The predicted octanol–water partition coefficient (Wildman–Crippen LogP) is 2.87. The highest BCUT2D eigenvalue weighted by atomic mass is 16.3. The molecule has 3 N–H and O–H groups in total. The van der Waals surface area contributed by atoms with Crippen molar-refractivity contribution in [2.75, 3.05) is 6.61 Å². The van der Waals surface area contributed by atoms with Gasteiger partial charge in [-0.1, -0.05) is 42.5 Å². The molecule has 0 spiro atoms. The van der Waals surface area contributed by atoms with Crippen LogP contribution in [0, 0.1) is 0 Å². The molecule has 0 radical (unpaired) electrons. The van der Waals surface area contributed by atoms with Crippen molar-refractivity contribution in [1.29, 1.82) is 0 Å². The van der Waals surface area contributed by atoms with Crippen LogP contribution in [0.1, 0.15) is 24.5 Å². The van der Waals surface area contributed by atoms with Crippen LogP contribution in [-0.2, 0) is 13.0 Å². The molecule has 2 aromatic rings. The molecule has 3 nitrogen and oxygen atoms in total. The van der Waals surface area contributed by atoms with Crippen molar-refractivity contribution in [1.82, 2.24) is 5.32 Å². The summed E-state index contributed by atoms with van der Waals surface area (Å²) in [6.45, 7) is 2.88. The molecule has 0 saturated carbocycles. The van der Waals surface area contributed by atoms with Gasteiger partial charge in [0.15, 0.2) is 0 Å². The lowest BCUT2D eigenvalue weighted by Gasteiger charge is -2.29. The SMILES string of the molecule is CC(CO)(CCc1ccc(O)cc1)NCc1ccccc1. The molecule has 0 amide bonds. The molecule has 0 aromatic heterocycles. The summed E-state index contributed by atoms with van der Waals surface area (Å²) >= 11 is 0. The lowest BCUT2D eigenvalue weighted by molar-refractivity contribution is 0.164. The standard InChI is InChI=1S/C18H23NO2/c1-18(14-20,19-13-16-5-3-2-4-6-16)12-11-15-7-9-17(21)10-8-15/h2-10,19-21H,11-14H2,1H3. The zero-order chi connectivity index (χ0) is 15.1. The van der Waals surface area contributed by atoms with Crippen LogP contribution >= 0.6 is 0 Å². The summed E-state index contributed by atoms with van der Waals surface area (Å²) in [5.74, 6) is 0.283. The molecule has 0 aliphatic heterocycles. The molecule has 2 aromatic carbocycles. The maximum atomic E-state index is 9.68. The predicted molar refractivity (Wildman–Crippen MR) is 85.2 cm³/mol. The first-order chi connectivity index (χ1) is 10.1. The van der Waals surface area contributed by atoms with Crippen LogP contribution in [-0.4, -0.2) is 22.4 Å². The Morgan fingerprint density at radius 3 is 2.24 bits per heavy atom. The van der Waals surface area contributed by atoms with Gasteiger partial charge in [-0.2, -0.15) is 0 Å². The molecular weight excluding hydrogens is 262 g/mol. The second-order valence-corrected chi connectivity index (χ2v) is 5.72. The minimum absolute atomic E-state index is 0.0952. The van der Waals surface area contributed by atoms with Crippen molar-refractivity contribution in [2.24, 2.45) is 0 Å². The molecular formula is C18H23NO2. The molecule has 112 valence electrons. The summed E-state index contributed by atoms with van der Waals surface area (Å²) in [4.78, 5) is 0. The number of hydrogen-bond donors (Lipinski definition) is 3. The van der Waals surface area contributed by atoms with E-state index in [2.05, 4.69) is 17.4 Å². The first-order valence-corrected chi connectivity index (χ1v) is 7.29. The van der Waals surface area contributed by atoms with Crippen molar-refractivity contribution in [3.05, 3.63) is 65.7 Å². The van der Waals surface area contributed by atoms with E-state index in [-0.39, 0.29) is 17.9 Å². The topological polar surface area (TPSA) is 52.5 Å². The number of nitrogens with one attached hydrogen (secondary N) is 1. The average Bonchev–Trinajstić information content (AvgIpc) is 2.53. The Morgan fingerprint density at radius 1 is 0.952 bits per heavy atom. The van der Waals surface area contributed by atoms with Crippen molar-refractivity contribution in [3.8, 4) is 5.75 Å². The van der Waals surface area contributed by atoms with Crippen molar-refractivity contribution < 1.29 is 10.2 Å². The molecule has 0 aliphatic rings. The van der Waals surface area contributed by atoms with E-state index < -0.39 is 0 Å². The normalized spacial score (nSPS) is 13.8. The molecule has 2 rings (SSSR count). The van der Waals surface area contributed by atoms with Gasteiger partial charge in [-0.3, -0.25) is 0 Å². The number of hydrogen-bond acceptors (Lipinski definition) is 3. The van der Waals surface area contributed by atoms with Gasteiger partial charge in [0.1, 0.15) is 5.75 Å². The van der Waals surface area contributed by atoms with E-state index >= 15 is 0 Å². The minimum atomic E-state index is -0.312. The summed E-state index contributed by atoms with van der Waals surface area (Å²) in [7, 11) is 0. The number of phenolic OH excluding ortho intramolecular Hbond substituents is 1. The number of benzene rings is 2. The zero-order valence-corrected chi connectivity index (χ0v) is 12.4. The number of phenols is 1. The minimum Gasteiger partial charge on any atom is -0.508 e. The smallest absolute Gasteiger partial charge is 0.115 e. The first-order valence-electron chi connectivity index (χ1n) is 7.29. The fourth-order valence-electron chi connectivity index (χ4n) is 2.22. The highest BCUT2D eigenvalue weighted by molar-refractivity contribution is 5.26. The third-order valence-electron chi connectivity index (χ3n) is 3.81. The van der Waals surface area contributed by atoms with E-state index in [9.17, 15) is 10.2 Å². The number of aliphatic hydroxyl groups is 1. The fourth-order valence-corrected chi connectivity index (χ4v) is 2.22. The quantitative estimate of drug-likeness (QED) is 0.733. The lowest BCUT2D eigenvalue weighted by atomic mass is 9.93. The van der Waals surface area contributed by atoms with Crippen LogP contribution in [0.3, 0.4) is 0 Å². The van der Waals surface area contributed by atoms with Gasteiger partial charge in [0.05, 0.1) is 6.61 Å². The van der Waals surface area contributed by atoms with Crippen molar-refractivity contribution in [3.63, 3.8) is 0 Å². The number of rotatable bonds is 7. The van der Waals surface area contributed by atoms with Crippen LogP contribution in [0.15, 0.2) is 54.6 Å². The zero-order valence-electron chi connectivity index (χ0n) is 12.4. The Bertz CT molecular complexity index is 539. The van der Waals surface area contributed by atoms with E-state index in [1.807, 2.05) is 37.3 Å². The molecule has 0 heterocycles. The third-order valence-corrected chi connectivity index (χ3v) is 3.81. The first kappa shape index (κ1) is 15.5. The largest absolute Gasteiger partial charge is 0.508 e. The van der Waals surface area contributed by atoms with Gasteiger partial charge in [-0.05, 0) is 43.0 Å². The van der Waals surface area contributed by atoms with Crippen LogP contribution < -0.4 is 5.32 Å². The molecule has 0 fully saturated rings. The third kappa shape index (κ3) is 4.88. The number of aryl methyl sites for hydroxylation is 1. The summed E-state index contributed by atoms with van der Waals surface area (Å²) in [6, 6.07) is 17.4. The van der Waals surface area contributed by atoms with Gasteiger partial charge in [-0.25, -0.2) is 0 Å². The second-order valence-electron chi connectivity index (χ2n) is 5.72. The summed E-state index contributed by atoms with van der Waals surface area (Å²) in [5.41, 5.74) is 2.06. The molecule has 0 aliphatic carbocycles. The van der Waals surface area contributed by atoms with Crippen LogP contribution in [0.2, 0.25) is 0 Å². The second kappa shape index (κ2) is 7.25. The molecule has 0 saturated heterocycles. The van der Waals surface area contributed by atoms with Crippen molar-refractivity contribution >= 4 is 0 Å². The monoisotopic (exact) mass is 285 g/mol. The molecule has 21 heavy (non-hydrogen) atoms. The maximum absolute atomic E-state index is 9.68. The Balaban J connectivity index is 1.89. The van der Waals surface area contributed by atoms with E-state index in [1.165, 1.54) is 5.56 Å². The number of aliphatic hydroxyl groups excluding tert-OH is 1. The summed E-state index contributed by atoms with van der Waals surface area (Å²) in [5, 5.41) is 22.4. The van der Waals surface area contributed by atoms with Gasteiger partial charge in [0.25, 0.3) is 0 Å². The Morgan fingerprint density at radius 2 is 1.62 bits per heavy atom. The van der Waals surface area contributed by atoms with E-state index in [0.717, 1.165) is 24.9 Å². The molecule has 0 bridgehead atoms. The van der Waals surface area contributed by atoms with Crippen molar-refractivity contribution in [2.45, 2.75) is 31.8 Å². The average molecular weight is 285 g/mol. The molecule has 3 heteroatoms. The van der Waals surface area contributed by atoms with Crippen LogP contribution in [0.5, 0.6) is 5.75 Å². The molecule has 1 unspecified atom stereocenters. The van der Waals surface area contributed by atoms with Gasteiger partial charge in [0, 0.05) is 12.1 Å². The fraction of sp³-hybridized carbons (Fsp3) is 0.333. The van der Waals surface area contributed by atoms with Crippen LogP contribution in [0.25, 0.3) is 0 Å². The molecule has 1 atom stereocenters. The Labute approximate surface area is 126 Å². The lowest BCUT2D eigenvalue weighted by Crippen LogP contribution is -2.45. The Kier molecular flexibility index (Phi) is 5.37. The summed E-state index contributed by atoms with van der Waals surface area (Å²) in [6.07, 6.45) is 1.69. The highest BCUT2D eigenvalue weighted by Gasteiger charge is 2.22. The highest BCUT2D eigenvalue weighted by Crippen LogP contribution is 2.17. The van der Waals surface area contributed by atoms with Gasteiger partial charge in [0.2, 0.25) is 0 Å². The Hall–Kier alpha value is -1.84. The maximum Gasteiger partial charge on any atom is 0.115 e. The van der Waals surface area contributed by atoms with Crippen LogP contribution in [0.4, 0.5) is 0 Å². The van der Waals surface area contributed by atoms with E-state index in [1.54, 1.807) is 12.1 Å². The van der Waals surface area contributed by atoms with E-state index in [4.69, 9.17) is 0 Å². The van der Waals surface area contributed by atoms with Gasteiger partial charge in [-0.15, -0.1) is 0 Å². The summed E-state index contributed by atoms with van der Waals surface area (Å²) < 4.78 is 0. The van der Waals surface area contributed by atoms with E-state index in [0.29, 0.717) is 0 Å². The van der Waals surface area contributed by atoms with Gasteiger partial charge >= 0.3 is 0 Å².